The van der Waals surface area contributed by atoms with Crippen LogP contribution in [0.3, 0.4) is 0 Å². The van der Waals surface area contributed by atoms with Gasteiger partial charge < -0.3 is 20.9 Å². The van der Waals surface area contributed by atoms with E-state index in [1.807, 2.05) is 56.3 Å². The molecule has 2 aromatic carbocycles. The van der Waals surface area contributed by atoms with Crippen molar-refractivity contribution in [2.45, 2.75) is 71.2 Å². The maximum Gasteiger partial charge on any atom is 0.243 e. The standard InChI is InChI=1S/C24H36N2O2/c1-17(2)22(27-19-10-8-7-9-11-19)28-20-14-12-18(13-15-20)21(24(5,6)26)16-23(3,4)25/h7-15,17,21-22H,16,25-26H2,1-6H3. The van der Waals surface area contributed by atoms with E-state index in [0.29, 0.717) is 0 Å². The molecule has 0 aliphatic heterocycles. The molecule has 0 radical (unpaired) electrons. The maximum atomic E-state index is 6.46. The van der Waals surface area contributed by atoms with Crippen LogP contribution in [-0.2, 0) is 0 Å². The molecule has 0 amide bonds. The van der Waals surface area contributed by atoms with Gasteiger partial charge in [0.05, 0.1) is 0 Å². The minimum atomic E-state index is -0.365. The summed E-state index contributed by atoms with van der Waals surface area (Å²) in [6.45, 7) is 12.3. The molecule has 28 heavy (non-hydrogen) atoms. The molecule has 4 nitrogen and oxygen atoms in total. The lowest BCUT2D eigenvalue weighted by atomic mass is 9.75. The van der Waals surface area contributed by atoms with Crippen molar-refractivity contribution in [3.8, 4) is 11.5 Å². The lowest BCUT2D eigenvalue weighted by Gasteiger charge is -2.36. The second-order valence-electron chi connectivity index (χ2n) is 9.30. The lowest BCUT2D eigenvalue weighted by Crippen LogP contribution is -2.45. The van der Waals surface area contributed by atoms with Crippen molar-refractivity contribution in [2.75, 3.05) is 0 Å². The van der Waals surface area contributed by atoms with Crippen LogP contribution in [0.2, 0.25) is 0 Å². The fourth-order valence-electron chi connectivity index (χ4n) is 3.18. The van der Waals surface area contributed by atoms with E-state index in [9.17, 15) is 0 Å². The molecule has 4 N–H and O–H groups in total. The van der Waals surface area contributed by atoms with Gasteiger partial charge in [0.15, 0.2) is 0 Å². The molecule has 0 saturated carbocycles. The van der Waals surface area contributed by atoms with Crippen molar-refractivity contribution in [2.24, 2.45) is 17.4 Å². The second-order valence-corrected chi connectivity index (χ2v) is 9.30. The van der Waals surface area contributed by atoms with Crippen molar-refractivity contribution in [1.82, 2.24) is 0 Å². The molecule has 0 aliphatic rings. The molecule has 0 saturated heterocycles. The molecule has 0 aliphatic carbocycles. The number of nitrogens with two attached hydrogens (primary N) is 2. The van der Waals surface area contributed by atoms with Crippen LogP contribution in [0.1, 0.15) is 59.4 Å². The first-order valence-corrected chi connectivity index (χ1v) is 10.0. The molecule has 2 rings (SSSR count). The van der Waals surface area contributed by atoms with Crippen LogP contribution >= 0.6 is 0 Å². The summed E-state index contributed by atoms with van der Waals surface area (Å²) in [6.07, 6.45) is 0.445. The maximum absolute atomic E-state index is 6.46. The van der Waals surface area contributed by atoms with E-state index in [2.05, 4.69) is 39.8 Å². The predicted molar refractivity (Wildman–Crippen MR) is 117 cm³/mol. The molecule has 0 bridgehead atoms. The summed E-state index contributed by atoms with van der Waals surface area (Å²) in [4.78, 5) is 0. The zero-order valence-corrected chi connectivity index (χ0v) is 18.1. The molecule has 0 spiro atoms. The minimum absolute atomic E-state index is 0.156. The van der Waals surface area contributed by atoms with Gasteiger partial charge in [0.2, 0.25) is 6.29 Å². The van der Waals surface area contributed by atoms with E-state index in [-0.39, 0.29) is 29.2 Å². The van der Waals surface area contributed by atoms with Gasteiger partial charge in [0.1, 0.15) is 11.5 Å². The predicted octanol–water partition coefficient (Wildman–Crippen LogP) is 5.07. The van der Waals surface area contributed by atoms with Crippen LogP contribution in [0.15, 0.2) is 54.6 Å². The average Bonchev–Trinajstić information content (AvgIpc) is 2.59. The van der Waals surface area contributed by atoms with Crippen LogP contribution in [-0.4, -0.2) is 17.4 Å². The Kier molecular flexibility index (Phi) is 7.13. The molecule has 2 unspecified atom stereocenters. The number of para-hydroxylation sites is 1. The Morgan fingerprint density at radius 2 is 1.29 bits per heavy atom. The van der Waals surface area contributed by atoms with E-state index >= 15 is 0 Å². The third kappa shape index (κ3) is 6.84. The highest BCUT2D eigenvalue weighted by Crippen LogP contribution is 2.34. The molecule has 0 fully saturated rings. The van der Waals surface area contributed by atoms with Crippen LogP contribution in [0.25, 0.3) is 0 Å². The van der Waals surface area contributed by atoms with Crippen molar-refractivity contribution >= 4 is 0 Å². The van der Waals surface area contributed by atoms with E-state index in [1.54, 1.807) is 0 Å². The molecule has 2 aromatic rings. The van der Waals surface area contributed by atoms with Gasteiger partial charge in [-0.2, -0.15) is 0 Å². The second kappa shape index (κ2) is 8.97. The van der Waals surface area contributed by atoms with Gasteiger partial charge in [-0.1, -0.05) is 44.2 Å². The van der Waals surface area contributed by atoms with Crippen molar-refractivity contribution in [3.05, 3.63) is 60.2 Å². The summed E-state index contributed by atoms with van der Waals surface area (Å²) in [5.74, 6) is 1.93. The van der Waals surface area contributed by atoms with Gasteiger partial charge in [-0.15, -0.1) is 0 Å². The Morgan fingerprint density at radius 1 is 0.786 bits per heavy atom. The Balaban J connectivity index is 2.15. The number of rotatable bonds is 9. The van der Waals surface area contributed by atoms with E-state index in [1.165, 1.54) is 5.56 Å². The van der Waals surface area contributed by atoms with E-state index < -0.39 is 0 Å². The Hall–Kier alpha value is -2.04. The Labute approximate surface area is 170 Å². The smallest absolute Gasteiger partial charge is 0.243 e. The topological polar surface area (TPSA) is 70.5 Å². The normalized spacial score (nSPS) is 14.6. The fraction of sp³-hybridized carbons (Fsp3) is 0.500. The molecular weight excluding hydrogens is 348 g/mol. The number of ether oxygens (including phenoxy) is 2. The van der Waals surface area contributed by atoms with Crippen molar-refractivity contribution in [3.63, 3.8) is 0 Å². The van der Waals surface area contributed by atoms with Crippen molar-refractivity contribution in [1.29, 1.82) is 0 Å². The van der Waals surface area contributed by atoms with E-state index in [0.717, 1.165) is 17.9 Å². The van der Waals surface area contributed by atoms with Gasteiger partial charge >= 0.3 is 0 Å². The Morgan fingerprint density at radius 3 is 1.71 bits per heavy atom. The SMILES string of the molecule is CC(C)C(Oc1ccccc1)Oc1ccc(C(CC(C)(C)N)C(C)(C)N)cc1. The number of benzene rings is 2. The molecule has 4 heteroatoms. The van der Waals surface area contributed by atoms with Crippen LogP contribution in [0.5, 0.6) is 11.5 Å². The zero-order valence-electron chi connectivity index (χ0n) is 18.1. The highest BCUT2D eigenvalue weighted by Gasteiger charge is 2.31. The summed E-state index contributed by atoms with van der Waals surface area (Å²) < 4.78 is 12.1. The third-order valence-corrected chi connectivity index (χ3v) is 4.70. The first-order chi connectivity index (χ1) is 13.0. The Bertz CT molecular complexity index is 713. The zero-order chi connectivity index (χ0) is 20.9. The average molecular weight is 385 g/mol. The number of hydrogen-bond donors (Lipinski definition) is 2. The highest BCUT2D eigenvalue weighted by atomic mass is 16.7. The summed E-state index contributed by atoms with van der Waals surface area (Å²) in [5.41, 5.74) is 13.2. The van der Waals surface area contributed by atoms with Gasteiger partial charge in [0.25, 0.3) is 0 Å². The van der Waals surface area contributed by atoms with Crippen LogP contribution in [0.4, 0.5) is 0 Å². The molecule has 0 heterocycles. The lowest BCUT2D eigenvalue weighted by molar-refractivity contribution is -0.0297. The van der Waals surface area contributed by atoms with Gasteiger partial charge in [-0.05, 0) is 63.9 Å². The summed E-state index contributed by atoms with van der Waals surface area (Å²) in [6, 6.07) is 17.9. The van der Waals surface area contributed by atoms with E-state index in [4.69, 9.17) is 20.9 Å². The first-order valence-electron chi connectivity index (χ1n) is 10.0. The summed E-state index contributed by atoms with van der Waals surface area (Å²) >= 11 is 0. The molecule has 0 aromatic heterocycles. The van der Waals surface area contributed by atoms with Gasteiger partial charge in [0, 0.05) is 22.9 Å². The van der Waals surface area contributed by atoms with Crippen molar-refractivity contribution < 1.29 is 9.47 Å². The number of hydrogen-bond acceptors (Lipinski definition) is 4. The largest absolute Gasteiger partial charge is 0.455 e. The van der Waals surface area contributed by atoms with Gasteiger partial charge in [-0.25, -0.2) is 0 Å². The molecule has 154 valence electrons. The third-order valence-electron chi connectivity index (χ3n) is 4.70. The summed E-state index contributed by atoms with van der Waals surface area (Å²) in [5, 5.41) is 0. The van der Waals surface area contributed by atoms with Crippen LogP contribution < -0.4 is 20.9 Å². The summed E-state index contributed by atoms with van der Waals surface area (Å²) in [7, 11) is 0. The van der Waals surface area contributed by atoms with Gasteiger partial charge in [-0.3, -0.25) is 0 Å². The minimum Gasteiger partial charge on any atom is -0.455 e. The monoisotopic (exact) mass is 384 g/mol. The molecular formula is C24H36N2O2. The molecule has 2 atom stereocenters. The fourth-order valence-corrected chi connectivity index (χ4v) is 3.18. The van der Waals surface area contributed by atoms with Crippen LogP contribution in [0, 0.1) is 5.92 Å². The first kappa shape index (κ1) is 22.3. The highest BCUT2D eigenvalue weighted by molar-refractivity contribution is 5.32. The quantitative estimate of drug-likeness (QED) is 0.592.